The fraction of sp³-hybridized carbons (Fsp3) is 0.650. The highest BCUT2D eigenvalue weighted by Crippen LogP contribution is 2.33. The van der Waals surface area contributed by atoms with Gasteiger partial charge in [0.25, 0.3) is 0 Å². The Labute approximate surface area is 151 Å². The second-order valence-electron chi connectivity index (χ2n) is 6.70. The lowest BCUT2D eigenvalue weighted by Crippen LogP contribution is -2.46. The summed E-state index contributed by atoms with van der Waals surface area (Å²) in [6.45, 7) is 8.80. The maximum Gasteiger partial charge on any atom is 0.323 e. The molecule has 2 unspecified atom stereocenters. The van der Waals surface area contributed by atoms with E-state index in [-0.39, 0.29) is 0 Å². The molecule has 0 radical (unpaired) electrons. The van der Waals surface area contributed by atoms with Crippen molar-refractivity contribution in [2.45, 2.75) is 65.3 Å². The van der Waals surface area contributed by atoms with Gasteiger partial charge in [0.1, 0.15) is 5.54 Å². The quantitative estimate of drug-likeness (QED) is 0.594. The van der Waals surface area contributed by atoms with Crippen LogP contribution in [-0.4, -0.2) is 29.8 Å². The van der Waals surface area contributed by atoms with Crippen molar-refractivity contribution in [1.29, 1.82) is 0 Å². The van der Waals surface area contributed by atoms with Crippen LogP contribution in [0.2, 0.25) is 0 Å². The number of carboxylic acids is 1. The topological polar surface area (TPSA) is 81.8 Å². The molecule has 0 amide bonds. The van der Waals surface area contributed by atoms with Crippen LogP contribution in [0.1, 0.15) is 58.9 Å². The van der Waals surface area contributed by atoms with Gasteiger partial charge >= 0.3 is 5.97 Å². The standard InChI is InChI=1S/C20H33NO4/c1-5-15(14-20(4,21)19(22)23)10-8-11-16-12-9-13-17(24-6-2)18(16)25-7-3/h9,12-13,15H,5-8,10-11,14,21H2,1-4H3,(H,22,23). The largest absolute Gasteiger partial charge is 0.490 e. The summed E-state index contributed by atoms with van der Waals surface area (Å²) in [5, 5.41) is 9.21. The molecule has 0 aliphatic carbocycles. The monoisotopic (exact) mass is 351 g/mol. The minimum absolute atomic E-state index is 0.303. The van der Waals surface area contributed by atoms with Gasteiger partial charge in [0, 0.05) is 0 Å². The van der Waals surface area contributed by atoms with E-state index in [1.807, 2.05) is 26.0 Å². The Morgan fingerprint density at radius 3 is 2.48 bits per heavy atom. The van der Waals surface area contributed by atoms with Gasteiger partial charge in [-0.25, -0.2) is 0 Å². The molecule has 0 heterocycles. The lowest BCUT2D eigenvalue weighted by Gasteiger charge is -2.25. The molecule has 5 heteroatoms. The highest BCUT2D eigenvalue weighted by molar-refractivity contribution is 5.77. The number of aryl methyl sites for hydroxylation is 1. The molecule has 0 aromatic heterocycles. The van der Waals surface area contributed by atoms with E-state index >= 15 is 0 Å². The first-order valence-electron chi connectivity index (χ1n) is 9.25. The van der Waals surface area contributed by atoms with Crippen LogP contribution in [0.4, 0.5) is 0 Å². The normalized spacial score (nSPS) is 14.6. The number of hydrogen-bond acceptors (Lipinski definition) is 4. The Hall–Kier alpha value is -1.75. The zero-order valence-electron chi connectivity index (χ0n) is 16.0. The van der Waals surface area contributed by atoms with Crippen LogP contribution in [0.5, 0.6) is 11.5 Å². The molecule has 142 valence electrons. The van der Waals surface area contributed by atoms with Crippen molar-refractivity contribution < 1.29 is 19.4 Å². The highest BCUT2D eigenvalue weighted by Gasteiger charge is 2.30. The first-order chi connectivity index (χ1) is 11.9. The van der Waals surface area contributed by atoms with Crippen molar-refractivity contribution >= 4 is 5.97 Å². The number of aliphatic carboxylic acids is 1. The molecule has 2 atom stereocenters. The van der Waals surface area contributed by atoms with Crippen LogP contribution in [0.3, 0.4) is 0 Å². The summed E-state index contributed by atoms with van der Waals surface area (Å²) in [4.78, 5) is 11.2. The molecular weight excluding hydrogens is 318 g/mol. The van der Waals surface area contributed by atoms with Crippen molar-refractivity contribution in [3.8, 4) is 11.5 Å². The Morgan fingerprint density at radius 2 is 1.92 bits per heavy atom. The molecule has 1 rings (SSSR count). The minimum atomic E-state index is -1.16. The van der Waals surface area contributed by atoms with Crippen LogP contribution in [0.15, 0.2) is 18.2 Å². The summed E-state index contributed by atoms with van der Waals surface area (Å²) in [6, 6.07) is 5.99. The molecule has 0 aliphatic rings. The molecule has 0 saturated carbocycles. The number of benzene rings is 1. The molecule has 1 aromatic carbocycles. The van der Waals surface area contributed by atoms with Crippen LogP contribution in [-0.2, 0) is 11.2 Å². The average Bonchev–Trinajstić information content (AvgIpc) is 2.56. The zero-order valence-corrected chi connectivity index (χ0v) is 16.0. The summed E-state index contributed by atoms with van der Waals surface area (Å²) >= 11 is 0. The first kappa shape index (κ1) is 21.3. The van der Waals surface area contributed by atoms with Crippen LogP contribution >= 0.6 is 0 Å². The van der Waals surface area contributed by atoms with Gasteiger partial charge in [-0.05, 0) is 57.6 Å². The number of carbonyl (C=O) groups is 1. The first-order valence-corrected chi connectivity index (χ1v) is 9.25. The number of nitrogens with two attached hydrogens (primary N) is 1. The van der Waals surface area contributed by atoms with Gasteiger partial charge < -0.3 is 20.3 Å². The fourth-order valence-corrected chi connectivity index (χ4v) is 3.05. The minimum Gasteiger partial charge on any atom is -0.490 e. The zero-order chi connectivity index (χ0) is 18.9. The van der Waals surface area contributed by atoms with E-state index in [0.717, 1.165) is 42.7 Å². The number of para-hydroxylation sites is 1. The SMILES string of the molecule is CCOc1cccc(CCCC(CC)CC(C)(N)C(=O)O)c1OCC. The van der Waals surface area contributed by atoms with E-state index in [1.165, 1.54) is 0 Å². The van der Waals surface area contributed by atoms with Gasteiger partial charge in [0.05, 0.1) is 13.2 Å². The second kappa shape index (κ2) is 10.3. The Bertz CT molecular complexity index is 542. The van der Waals surface area contributed by atoms with Crippen LogP contribution in [0, 0.1) is 5.92 Å². The smallest absolute Gasteiger partial charge is 0.323 e. The molecule has 3 N–H and O–H groups in total. The third kappa shape index (κ3) is 6.58. The number of hydrogen-bond donors (Lipinski definition) is 2. The van der Waals surface area contributed by atoms with Crippen LogP contribution < -0.4 is 15.2 Å². The third-order valence-electron chi connectivity index (χ3n) is 4.49. The van der Waals surface area contributed by atoms with Gasteiger partial charge in [-0.15, -0.1) is 0 Å². The van der Waals surface area contributed by atoms with Crippen molar-refractivity contribution in [1.82, 2.24) is 0 Å². The van der Waals surface area contributed by atoms with Gasteiger partial charge in [0.2, 0.25) is 0 Å². The number of ether oxygens (including phenoxy) is 2. The van der Waals surface area contributed by atoms with Crippen molar-refractivity contribution in [3.05, 3.63) is 23.8 Å². The molecule has 0 bridgehead atoms. The van der Waals surface area contributed by atoms with E-state index in [9.17, 15) is 9.90 Å². The van der Waals surface area contributed by atoms with E-state index in [1.54, 1.807) is 6.92 Å². The predicted octanol–water partition coefficient (Wildman–Crippen LogP) is 4.03. The molecule has 0 aliphatic heterocycles. The van der Waals surface area contributed by atoms with E-state index in [0.29, 0.717) is 25.6 Å². The maximum atomic E-state index is 11.2. The van der Waals surface area contributed by atoms with Gasteiger partial charge in [0.15, 0.2) is 11.5 Å². The van der Waals surface area contributed by atoms with Gasteiger partial charge in [-0.3, -0.25) is 4.79 Å². The predicted molar refractivity (Wildman–Crippen MR) is 100 cm³/mol. The summed E-state index contributed by atoms with van der Waals surface area (Å²) in [5.41, 5.74) is 5.87. The average molecular weight is 351 g/mol. The lowest BCUT2D eigenvalue weighted by atomic mass is 9.85. The lowest BCUT2D eigenvalue weighted by molar-refractivity contribution is -0.143. The van der Waals surface area contributed by atoms with Gasteiger partial charge in [-0.1, -0.05) is 31.9 Å². The number of rotatable bonds is 12. The van der Waals surface area contributed by atoms with E-state index < -0.39 is 11.5 Å². The molecule has 0 saturated heterocycles. The summed E-state index contributed by atoms with van der Waals surface area (Å²) < 4.78 is 11.5. The summed E-state index contributed by atoms with van der Waals surface area (Å²) in [6.07, 6.45) is 4.21. The molecule has 5 nitrogen and oxygen atoms in total. The third-order valence-corrected chi connectivity index (χ3v) is 4.49. The fourth-order valence-electron chi connectivity index (χ4n) is 3.05. The molecule has 0 fully saturated rings. The highest BCUT2D eigenvalue weighted by atomic mass is 16.5. The maximum absolute atomic E-state index is 11.2. The van der Waals surface area contributed by atoms with E-state index in [2.05, 4.69) is 13.0 Å². The molecular formula is C20H33NO4. The second-order valence-corrected chi connectivity index (χ2v) is 6.70. The molecule has 0 spiro atoms. The summed E-state index contributed by atoms with van der Waals surface area (Å²) in [5.74, 6) is 0.981. The Balaban J connectivity index is 2.70. The molecule has 1 aromatic rings. The van der Waals surface area contributed by atoms with Gasteiger partial charge in [-0.2, -0.15) is 0 Å². The van der Waals surface area contributed by atoms with Crippen molar-refractivity contribution in [3.63, 3.8) is 0 Å². The van der Waals surface area contributed by atoms with Crippen molar-refractivity contribution in [2.24, 2.45) is 11.7 Å². The van der Waals surface area contributed by atoms with Crippen LogP contribution in [0.25, 0.3) is 0 Å². The Kier molecular flexibility index (Phi) is 8.76. The molecule has 25 heavy (non-hydrogen) atoms. The summed E-state index contributed by atoms with van der Waals surface area (Å²) in [7, 11) is 0. The van der Waals surface area contributed by atoms with E-state index in [4.69, 9.17) is 15.2 Å². The Morgan fingerprint density at radius 1 is 1.24 bits per heavy atom. The number of carboxylic acid groups (broad SMARTS) is 1. The van der Waals surface area contributed by atoms with Crippen molar-refractivity contribution in [2.75, 3.05) is 13.2 Å².